The average molecular weight is 433 g/mol. The summed E-state index contributed by atoms with van der Waals surface area (Å²) in [6.45, 7) is 2.73. The number of benzene rings is 2. The van der Waals surface area contributed by atoms with Gasteiger partial charge in [0, 0.05) is 31.7 Å². The van der Waals surface area contributed by atoms with Gasteiger partial charge in [-0.25, -0.2) is 14.2 Å². The van der Waals surface area contributed by atoms with Gasteiger partial charge in [-0.2, -0.15) is 4.98 Å². The van der Waals surface area contributed by atoms with Crippen molar-refractivity contribution >= 4 is 17.7 Å². The van der Waals surface area contributed by atoms with Crippen molar-refractivity contribution in [1.82, 2.24) is 14.9 Å². The number of halogens is 1. The topological polar surface area (TPSA) is 70.6 Å². The predicted molar refractivity (Wildman–Crippen MR) is 120 cm³/mol. The molecule has 7 nitrogen and oxygen atoms in total. The zero-order valence-corrected chi connectivity index (χ0v) is 17.6. The van der Waals surface area contributed by atoms with Crippen molar-refractivity contribution in [2.75, 3.05) is 29.9 Å². The van der Waals surface area contributed by atoms with Crippen molar-refractivity contribution in [3.8, 4) is 11.6 Å². The quantitative estimate of drug-likeness (QED) is 0.651. The summed E-state index contributed by atoms with van der Waals surface area (Å²) in [4.78, 5) is 26.2. The van der Waals surface area contributed by atoms with Crippen LogP contribution in [-0.2, 0) is 13.0 Å². The number of anilines is 2. The third-order valence-corrected chi connectivity index (χ3v) is 5.74. The van der Waals surface area contributed by atoms with Gasteiger partial charge in [-0.05, 0) is 49.2 Å². The van der Waals surface area contributed by atoms with Crippen molar-refractivity contribution < 1.29 is 13.9 Å². The first kappa shape index (κ1) is 20.2. The molecule has 0 spiro atoms. The standard InChI is InChI=1S/C24H24FN5O2/c25-17-8-10-19(11-9-17)32-22-20-16-30(24(31)26-18-6-2-1-3-7-18)15-12-21(20)27-23(28-22)29-13-4-5-14-29/h1-3,6-11H,4-5,12-16H2,(H,26,31). The van der Waals surface area contributed by atoms with Crippen LogP contribution in [0, 0.1) is 5.82 Å². The monoisotopic (exact) mass is 433 g/mol. The fraction of sp³-hybridized carbons (Fsp3) is 0.292. The van der Waals surface area contributed by atoms with Crippen LogP contribution < -0.4 is 15.0 Å². The molecule has 2 aliphatic rings. The third-order valence-electron chi connectivity index (χ3n) is 5.74. The van der Waals surface area contributed by atoms with Gasteiger partial charge in [-0.1, -0.05) is 18.2 Å². The predicted octanol–water partition coefficient (Wildman–Crippen LogP) is 4.60. The molecule has 1 N–H and O–H groups in total. The summed E-state index contributed by atoms with van der Waals surface area (Å²) in [6.07, 6.45) is 2.84. The summed E-state index contributed by atoms with van der Waals surface area (Å²) in [5.41, 5.74) is 2.42. The summed E-state index contributed by atoms with van der Waals surface area (Å²) < 4.78 is 19.4. The highest BCUT2D eigenvalue weighted by atomic mass is 19.1. The number of amides is 2. The van der Waals surface area contributed by atoms with E-state index in [9.17, 15) is 9.18 Å². The molecular weight excluding hydrogens is 409 g/mol. The van der Waals surface area contributed by atoms with Crippen LogP contribution in [0.2, 0.25) is 0 Å². The maximum atomic E-state index is 13.3. The van der Waals surface area contributed by atoms with Crippen molar-refractivity contribution in [3.63, 3.8) is 0 Å². The van der Waals surface area contributed by atoms with Crippen LogP contribution in [0.1, 0.15) is 24.1 Å². The fourth-order valence-electron chi connectivity index (χ4n) is 4.03. The lowest BCUT2D eigenvalue weighted by molar-refractivity contribution is 0.205. The minimum atomic E-state index is -0.330. The zero-order valence-electron chi connectivity index (χ0n) is 17.6. The molecule has 164 valence electrons. The maximum Gasteiger partial charge on any atom is 0.322 e. The van der Waals surface area contributed by atoms with Gasteiger partial charge in [-0.15, -0.1) is 0 Å². The number of carbonyl (C=O) groups is 1. The summed E-state index contributed by atoms with van der Waals surface area (Å²) in [5, 5.41) is 2.93. The van der Waals surface area contributed by atoms with Gasteiger partial charge in [-0.3, -0.25) is 0 Å². The van der Waals surface area contributed by atoms with Crippen LogP contribution in [0.5, 0.6) is 11.6 Å². The van der Waals surface area contributed by atoms with E-state index in [4.69, 9.17) is 14.7 Å². The molecule has 0 saturated carbocycles. The Morgan fingerprint density at radius 1 is 0.969 bits per heavy atom. The molecule has 2 aromatic carbocycles. The smallest absolute Gasteiger partial charge is 0.322 e. The maximum absolute atomic E-state index is 13.3. The third kappa shape index (κ3) is 4.34. The van der Waals surface area contributed by atoms with E-state index in [2.05, 4.69) is 10.2 Å². The van der Waals surface area contributed by atoms with Crippen LogP contribution in [0.15, 0.2) is 54.6 Å². The van der Waals surface area contributed by atoms with E-state index in [1.165, 1.54) is 12.1 Å². The number of fused-ring (bicyclic) bond motifs is 1. The Hall–Kier alpha value is -3.68. The number of nitrogens with one attached hydrogen (secondary N) is 1. The van der Waals surface area contributed by atoms with Gasteiger partial charge in [0.15, 0.2) is 0 Å². The van der Waals surface area contributed by atoms with Gasteiger partial charge in [0.05, 0.1) is 17.8 Å². The van der Waals surface area contributed by atoms with E-state index in [0.29, 0.717) is 37.1 Å². The molecule has 3 heterocycles. The second kappa shape index (κ2) is 8.82. The molecule has 32 heavy (non-hydrogen) atoms. The molecule has 1 saturated heterocycles. The van der Waals surface area contributed by atoms with Crippen LogP contribution in [0.4, 0.5) is 20.8 Å². The second-order valence-corrected chi connectivity index (χ2v) is 7.97. The minimum Gasteiger partial charge on any atom is -0.438 e. The van der Waals surface area contributed by atoms with E-state index in [1.807, 2.05) is 30.3 Å². The van der Waals surface area contributed by atoms with Gasteiger partial charge in [0.1, 0.15) is 11.6 Å². The number of aromatic nitrogens is 2. The molecule has 1 aromatic heterocycles. The van der Waals surface area contributed by atoms with Gasteiger partial charge in [0.25, 0.3) is 0 Å². The molecule has 1 fully saturated rings. The number of ether oxygens (including phenoxy) is 1. The van der Waals surface area contributed by atoms with Crippen LogP contribution >= 0.6 is 0 Å². The SMILES string of the molecule is O=C(Nc1ccccc1)N1CCc2nc(N3CCCC3)nc(Oc3ccc(F)cc3)c2C1. The molecule has 0 aliphatic carbocycles. The highest BCUT2D eigenvalue weighted by Gasteiger charge is 2.28. The molecule has 5 rings (SSSR count). The largest absolute Gasteiger partial charge is 0.438 e. The molecular formula is C24H24FN5O2. The summed E-state index contributed by atoms with van der Waals surface area (Å²) in [5.74, 6) is 1.23. The molecule has 0 bridgehead atoms. The second-order valence-electron chi connectivity index (χ2n) is 7.97. The van der Waals surface area contributed by atoms with E-state index >= 15 is 0 Å². The van der Waals surface area contributed by atoms with Gasteiger partial charge < -0.3 is 19.9 Å². The molecule has 0 unspecified atom stereocenters. The molecule has 2 aliphatic heterocycles. The molecule has 0 atom stereocenters. The number of hydrogen-bond acceptors (Lipinski definition) is 5. The lowest BCUT2D eigenvalue weighted by atomic mass is 10.1. The minimum absolute atomic E-state index is 0.182. The first-order chi connectivity index (χ1) is 15.7. The molecule has 2 amide bonds. The van der Waals surface area contributed by atoms with Crippen LogP contribution in [0.25, 0.3) is 0 Å². The lowest BCUT2D eigenvalue weighted by Crippen LogP contribution is -2.39. The molecule has 8 heteroatoms. The summed E-state index contributed by atoms with van der Waals surface area (Å²) >= 11 is 0. The fourth-order valence-corrected chi connectivity index (χ4v) is 4.03. The van der Waals surface area contributed by atoms with Crippen LogP contribution in [0.3, 0.4) is 0 Å². The molecule has 0 radical (unpaired) electrons. The van der Waals surface area contributed by atoms with Gasteiger partial charge >= 0.3 is 6.03 Å². The Bertz CT molecular complexity index is 1100. The van der Waals surface area contributed by atoms with Crippen molar-refractivity contribution in [3.05, 3.63) is 71.7 Å². The Balaban J connectivity index is 1.43. The number of nitrogens with zero attached hydrogens (tertiary/aromatic N) is 4. The lowest BCUT2D eigenvalue weighted by Gasteiger charge is -2.30. The Morgan fingerprint density at radius 3 is 2.47 bits per heavy atom. The Labute approximate surface area is 185 Å². The highest BCUT2D eigenvalue weighted by molar-refractivity contribution is 5.89. The Morgan fingerprint density at radius 2 is 1.72 bits per heavy atom. The number of rotatable bonds is 4. The van der Waals surface area contributed by atoms with Crippen molar-refractivity contribution in [2.45, 2.75) is 25.8 Å². The number of para-hydroxylation sites is 1. The van der Waals surface area contributed by atoms with Gasteiger partial charge in [0.2, 0.25) is 11.8 Å². The summed E-state index contributed by atoms with van der Waals surface area (Å²) in [7, 11) is 0. The van der Waals surface area contributed by atoms with E-state index in [-0.39, 0.29) is 11.8 Å². The van der Waals surface area contributed by atoms with E-state index < -0.39 is 0 Å². The zero-order chi connectivity index (χ0) is 21.9. The van der Waals surface area contributed by atoms with E-state index in [1.54, 1.807) is 17.0 Å². The number of carbonyl (C=O) groups excluding carboxylic acids is 1. The van der Waals surface area contributed by atoms with Crippen LogP contribution in [-0.4, -0.2) is 40.5 Å². The normalized spacial score (nSPS) is 15.4. The van der Waals surface area contributed by atoms with E-state index in [0.717, 1.165) is 42.9 Å². The number of urea groups is 1. The number of hydrogen-bond donors (Lipinski definition) is 1. The van der Waals surface area contributed by atoms with Crippen molar-refractivity contribution in [2.24, 2.45) is 0 Å². The first-order valence-electron chi connectivity index (χ1n) is 10.8. The summed E-state index contributed by atoms with van der Waals surface area (Å²) in [6, 6.07) is 15.0. The first-order valence-corrected chi connectivity index (χ1v) is 10.8. The highest BCUT2D eigenvalue weighted by Crippen LogP contribution is 2.32. The Kier molecular flexibility index (Phi) is 5.58. The van der Waals surface area contributed by atoms with Crippen molar-refractivity contribution in [1.29, 1.82) is 0 Å². The molecule has 3 aromatic rings. The average Bonchev–Trinajstić information content (AvgIpc) is 3.36.